The Morgan fingerprint density at radius 3 is 2.44 bits per heavy atom. The molecule has 0 fully saturated rings. The number of rotatable bonds is 4. The summed E-state index contributed by atoms with van der Waals surface area (Å²) in [6.07, 6.45) is 0.865. The van der Waals surface area contributed by atoms with Crippen LogP contribution in [0, 0.1) is 0 Å². The van der Waals surface area contributed by atoms with E-state index in [9.17, 15) is 0 Å². The second-order valence-corrected chi connectivity index (χ2v) is 2.53. The van der Waals surface area contributed by atoms with Crippen LogP contribution in [0.2, 0.25) is 0 Å². The fraction of sp³-hybridized carbons (Fsp3) is 1.00. The van der Waals surface area contributed by atoms with E-state index >= 15 is 0 Å². The average Bonchev–Trinajstić information content (AvgIpc) is 1.83. The first-order valence-corrected chi connectivity index (χ1v) is 3.18. The van der Waals surface area contributed by atoms with Gasteiger partial charge in [-0.1, -0.05) is 0 Å². The number of nitrogens with zero attached hydrogens (tertiary/aromatic N) is 1. The van der Waals surface area contributed by atoms with Crippen LogP contribution in [0.3, 0.4) is 0 Å². The largest absolute Gasteiger partial charge is 0.395 e. The van der Waals surface area contributed by atoms with E-state index in [1.807, 2.05) is 14.1 Å². The highest BCUT2D eigenvalue weighted by atomic mass is 16.3. The molecular weight excluding hydrogens is 116 g/mol. The highest BCUT2D eigenvalue weighted by Gasteiger charge is 1.99. The molecule has 0 bridgehead atoms. The van der Waals surface area contributed by atoms with Crippen molar-refractivity contribution in [3.8, 4) is 0 Å². The van der Waals surface area contributed by atoms with Gasteiger partial charge in [-0.25, -0.2) is 0 Å². The molecule has 0 aliphatic heterocycles. The van der Waals surface area contributed by atoms with Crippen molar-refractivity contribution in [2.24, 2.45) is 5.73 Å². The Morgan fingerprint density at radius 1 is 1.56 bits per heavy atom. The van der Waals surface area contributed by atoms with Crippen molar-refractivity contribution in [3.63, 3.8) is 0 Å². The fourth-order valence-corrected chi connectivity index (χ4v) is 0.515. The molecule has 0 rings (SSSR count). The van der Waals surface area contributed by atoms with Gasteiger partial charge in [0.15, 0.2) is 0 Å². The van der Waals surface area contributed by atoms with E-state index in [1.54, 1.807) is 0 Å². The second-order valence-electron chi connectivity index (χ2n) is 2.53. The molecule has 0 saturated heterocycles. The van der Waals surface area contributed by atoms with E-state index < -0.39 is 0 Å². The summed E-state index contributed by atoms with van der Waals surface area (Å²) in [6.45, 7) is 1.04. The summed E-state index contributed by atoms with van der Waals surface area (Å²) < 4.78 is 0. The topological polar surface area (TPSA) is 49.5 Å². The molecule has 0 aromatic heterocycles. The summed E-state index contributed by atoms with van der Waals surface area (Å²) in [5.74, 6) is 0. The first-order valence-electron chi connectivity index (χ1n) is 3.18. The number of nitrogens with two attached hydrogens (primary N) is 1. The zero-order chi connectivity index (χ0) is 7.28. The molecule has 0 saturated carbocycles. The molecule has 0 amide bonds. The van der Waals surface area contributed by atoms with Gasteiger partial charge in [-0.3, -0.25) is 0 Å². The maximum Gasteiger partial charge on any atom is 0.0583 e. The third-order valence-corrected chi connectivity index (χ3v) is 1.18. The fourth-order valence-electron chi connectivity index (χ4n) is 0.515. The first kappa shape index (κ1) is 8.88. The van der Waals surface area contributed by atoms with Gasteiger partial charge in [0.05, 0.1) is 6.61 Å². The molecule has 0 radical (unpaired) electrons. The highest BCUT2D eigenvalue weighted by molar-refractivity contribution is 4.59. The van der Waals surface area contributed by atoms with Gasteiger partial charge in [-0.15, -0.1) is 0 Å². The Bertz CT molecular complexity index is 66.1. The molecule has 3 N–H and O–H groups in total. The molecule has 0 unspecified atom stereocenters. The Labute approximate surface area is 56.5 Å². The van der Waals surface area contributed by atoms with E-state index in [1.165, 1.54) is 0 Å². The van der Waals surface area contributed by atoms with Crippen LogP contribution in [-0.4, -0.2) is 43.3 Å². The molecule has 0 heterocycles. The Hall–Kier alpha value is -0.120. The van der Waals surface area contributed by atoms with Crippen LogP contribution in [0.25, 0.3) is 0 Å². The summed E-state index contributed by atoms with van der Waals surface area (Å²) in [6, 6.07) is -0.0487. The molecule has 3 heteroatoms. The summed E-state index contributed by atoms with van der Waals surface area (Å²) in [5, 5.41) is 8.50. The number of hydrogen-bond acceptors (Lipinski definition) is 3. The monoisotopic (exact) mass is 132 g/mol. The van der Waals surface area contributed by atoms with Gasteiger partial charge in [-0.05, 0) is 27.1 Å². The molecular formula is C6H16N2O. The van der Waals surface area contributed by atoms with Crippen LogP contribution < -0.4 is 5.73 Å². The van der Waals surface area contributed by atoms with Crippen LogP contribution in [0.5, 0.6) is 0 Å². The standard InChI is InChI=1S/C6H16N2O/c1-8(2)4-3-6(7)5-9/h6,9H,3-5,7H2,1-2H3/t6-/m0/s1. The molecule has 3 nitrogen and oxygen atoms in total. The van der Waals surface area contributed by atoms with E-state index in [2.05, 4.69) is 4.90 Å². The van der Waals surface area contributed by atoms with Crippen molar-refractivity contribution in [3.05, 3.63) is 0 Å². The molecule has 56 valence electrons. The number of aliphatic hydroxyl groups excluding tert-OH is 1. The predicted octanol–water partition coefficient (Wildman–Crippen LogP) is -0.742. The van der Waals surface area contributed by atoms with Gasteiger partial charge < -0.3 is 15.7 Å². The van der Waals surface area contributed by atoms with Crippen LogP contribution in [-0.2, 0) is 0 Å². The third-order valence-electron chi connectivity index (χ3n) is 1.18. The molecule has 0 aliphatic carbocycles. The van der Waals surface area contributed by atoms with Crippen molar-refractivity contribution in [2.75, 3.05) is 27.2 Å². The minimum atomic E-state index is -0.0487. The van der Waals surface area contributed by atoms with Gasteiger partial charge in [0.25, 0.3) is 0 Å². The lowest BCUT2D eigenvalue weighted by atomic mass is 10.2. The van der Waals surface area contributed by atoms with Crippen molar-refractivity contribution >= 4 is 0 Å². The second kappa shape index (κ2) is 4.73. The van der Waals surface area contributed by atoms with E-state index in [-0.39, 0.29) is 12.6 Å². The van der Waals surface area contributed by atoms with E-state index in [0.29, 0.717) is 0 Å². The lowest BCUT2D eigenvalue weighted by molar-refractivity contribution is 0.248. The summed E-state index contributed by atoms with van der Waals surface area (Å²) in [7, 11) is 3.98. The van der Waals surface area contributed by atoms with Crippen molar-refractivity contribution in [2.45, 2.75) is 12.5 Å². The van der Waals surface area contributed by atoms with Crippen LogP contribution in [0.15, 0.2) is 0 Å². The Balaban J connectivity index is 3.06. The average molecular weight is 132 g/mol. The van der Waals surface area contributed by atoms with E-state index in [4.69, 9.17) is 10.8 Å². The van der Waals surface area contributed by atoms with Crippen molar-refractivity contribution < 1.29 is 5.11 Å². The zero-order valence-corrected chi connectivity index (χ0v) is 6.17. The Kier molecular flexibility index (Phi) is 4.67. The number of hydrogen-bond donors (Lipinski definition) is 2. The normalized spacial score (nSPS) is 14.3. The molecule has 0 spiro atoms. The predicted molar refractivity (Wildman–Crippen MR) is 38.2 cm³/mol. The summed E-state index contributed by atoms with van der Waals surface area (Å²) in [5.41, 5.74) is 5.44. The van der Waals surface area contributed by atoms with Crippen LogP contribution >= 0.6 is 0 Å². The summed E-state index contributed by atoms with van der Waals surface area (Å²) in [4.78, 5) is 2.05. The highest BCUT2D eigenvalue weighted by Crippen LogP contribution is 1.87. The Morgan fingerprint density at radius 2 is 2.11 bits per heavy atom. The van der Waals surface area contributed by atoms with E-state index in [0.717, 1.165) is 13.0 Å². The van der Waals surface area contributed by atoms with Gasteiger partial charge in [0.2, 0.25) is 0 Å². The van der Waals surface area contributed by atoms with Crippen molar-refractivity contribution in [1.82, 2.24) is 4.90 Å². The smallest absolute Gasteiger partial charge is 0.0583 e. The SMILES string of the molecule is CN(C)CC[C@H](N)CO. The van der Waals surface area contributed by atoms with Gasteiger partial charge in [0, 0.05) is 6.04 Å². The number of aliphatic hydroxyl groups is 1. The third kappa shape index (κ3) is 5.76. The molecule has 0 aliphatic rings. The first-order chi connectivity index (χ1) is 4.16. The maximum absolute atomic E-state index is 8.50. The van der Waals surface area contributed by atoms with Gasteiger partial charge in [-0.2, -0.15) is 0 Å². The van der Waals surface area contributed by atoms with Gasteiger partial charge >= 0.3 is 0 Å². The quantitative estimate of drug-likeness (QED) is 0.529. The van der Waals surface area contributed by atoms with Crippen LogP contribution in [0.1, 0.15) is 6.42 Å². The zero-order valence-electron chi connectivity index (χ0n) is 6.17. The molecule has 9 heavy (non-hydrogen) atoms. The minimum Gasteiger partial charge on any atom is -0.395 e. The van der Waals surface area contributed by atoms with Crippen molar-refractivity contribution in [1.29, 1.82) is 0 Å². The molecule has 0 aromatic carbocycles. The van der Waals surface area contributed by atoms with Crippen LogP contribution in [0.4, 0.5) is 0 Å². The maximum atomic E-state index is 8.50. The lowest BCUT2D eigenvalue weighted by Gasteiger charge is -2.12. The lowest BCUT2D eigenvalue weighted by Crippen LogP contribution is -2.29. The molecule has 1 atom stereocenters. The van der Waals surface area contributed by atoms with Gasteiger partial charge in [0.1, 0.15) is 0 Å². The molecule has 0 aromatic rings. The summed E-state index contributed by atoms with van der Waals surface area (Å²) >= 11 is 0. The minimum absolute atomic E-state index is 0.0487.